The lowest BCUT2D eigenvalue weighted by Gasteiger charge is -2.50. The highest BCUT2D eigenvalue weighted by molar-refractivity contribution is 9.09. The molecule has 0 aromatic heterocycles. The van der Waals surface area contributed by atoms with Crippen molar-refractivity contribution in [3.05, 3.63) is 59.2 Å². The van der Waals surface area contributed by atoms with Crippen molar-refractivity contribution in [2.24, 2.45) is 17.8 Å². The molecule has 4 aliphatic rings. The second kappa shape index (κ2) is 11.0. The number of hydrogen-bond donors (Lipinski definition) is 2. The summed E-state index contributed by atoms with van der Waals surface area (Å²) < 4.78 is 10.8. The van der Waals surface area contributed by atoms with Crippen molar-refractivity contribution >= 4 is 62.8 Å². The van der Waals surface area contributed by atoms with Crippen LogP contribution in [0.3, 0.4) is 0 Å². The Balaban J connectivity index is 1.45. The van der Waals surface area contributed by atoms with E-state index in [0.29, 0.717) is 17.6 Å². The molecule has 2 saturated heterocycles. The molecule has 0 radical (unpaired) electrons. The summed E-state index contributed by atoms with van der Waals surface area (Å²) >= 11 is 17.7. The molecule has 0 bridgehead atoms. The number of carbonyl (C=O) groups is 4. The van der Waals surface area contributed by atoms with E-state index in [2.05, 4.69) is 15.9 Å². The van der Waals surface area contributed by atoms with E-state index in [9.17, 15) is 29.4 Å². The van der Waals surface area contributed by atoms with Gasteiger partial charge in [-0.3, -0.25) is 29.0 Å². The van der Waals surface area contributed by atoms with Gasteiger partial charge in [-0.25, -0.2) is 0 Å². The second-order valence-corrected chi connectivity index (χ2v) is 13.2. The van der Waals surface area contributed by atoms with E-state index < -0.39 is 45.2 Å². The maximum atomic E-state index is 14.0. The van der Waals surface area contributed by atoms with Crippen molar-refractivity contribution in [2.45, 2.75) is 34.9 Å². The maximum absolute atomic E-state index is 14.0. The molecule has 232 valence electrons. The van der Waals surface area contributed by atoms with Crippen LogP contribution in [0.2, 0.25) is 0 Å². The smallest absolute Gasteiger partial charge is 0.254 e. The molecule has 6 atom stereocenters. The van der Waals surface area contributed by atoms with Gasteiger partial charge in [-0.05, 0) is 60.6 Å². The monoisotopic (exact) mass is 706 g/mol. The summed E-state index contributed by atoms with van der Waals surface area (Å²) in [5, 5.41) is 20.2. The highest BCUT2D eigenvalue weighted by Gasteiger charge is 2.76. The van der Waals surface area contributed by atoms with Gasteiger partial charge in [0, 0.05) is 12.5 Å². The van der Waals surface area contributed by atoms with Crippen LogP contribution in [0, 0.1) is 17.8 Å². The zero-order chi connectivity index (χ0) is 31.7. The minimum Gasteiger partial charge on any atom is -0.508 e. The Morgan fingerprint density at radius 3 is 2.16 bits per heavy atom. The van der Waals surface area contributed by atoms with E-state index in [1.807, 2.05) is 6.08 Å². The molecule has 2 N–H and O–H groups in total. The number of phenols is 2. The van der Waals surface area contributed by atoms with Crippen LogP contribution < -0.4 is 9.47 Å². The number of hydrogen-bond acceptors (Lipinski definition) is 8. The van der Waals surface area contributed by atoms with E-state index >= 15 is 0 Å². The lowest BCUT2D eigenvalue weighted by molar-refractivity contribution is -0.141. The van der Waals surface area contributed by atoms with Gasteiger partial charge in [-0.15, -0.1) is 23.2 Å². The number of rotatable bonds is 7. The first-order valence-electron chi connectivity index (χ1n) is 14.0. The van der Waals surface area contributed by atoms with E-state index in [-0.39, 0.29) is 59.7 Å². The topological polar surface area (TPSA) is 134 Å². The van der Waals surface area contributed by atoms with Gasteiger partial charge in [0.2, 0.25) is 17.6 Å². The van der Waals surface area contributed by atoms with E-state index in [4.69, 9.17) is 32.7 Å². The van der Waals surface area contributed by atoms with Crippen LogP contribution in [-0.2, 0) is 25.6 Å². The van der Waals surface area contributed by atoms with Crippen molar-refractivity contribution in [3.8, 4) is 23.0 Å². The summed E-state index contributed by atoms with van der Waals surface area (Å²) in [6.07, 6.45) is 2.33. The Bertz CT molecular complexity index is 1590. The first-order chi connectivity index (χ1) is 20.9. The third-order valence-corrected chi connectivity index (χ3v) is 11.4. The lowest BCUT2D eigenvalue weighted by atomic mass is 9.56. The number of benzene rings is 2. The van der Waals surface area contributed by atoms with Crippen molar-refractivity contribution in [1.82, 2.24) is 9.80 Å². The van der Waals surface area contributed by atoms with Gasteiger partial charge < -0.3 is 19.7 Å². The third kappa shape index (κ3) is 4.19. The third-order valence-electron chi connectivity index (χ3n) is 9.50. The minimum absolute atomic E-state index is 0.0536. The molecule has 0 unspecified atom stereocenters. The quantitative estimate of drug-likeness (QED) is 0.191. The largest absolute Gasteiger partial charge is 0.508 e. The number of nitrogens with zero attached hydrogens (tertiary/aromatic N) is 2. The number of aromatic hydroxyl groups is 2. The van der Waals surface area contributed by atoms with Crippen LogP contribution in [0.1, 0.15) is 29.9 Å². The Kier molecular flexibility index (Phi) is 7.65. The molecule has 0 spiro atoms. The molecular formula is C31H29BrCl2N2O8. The van der Waals surface area contributed by atoms with Crippen molar-refractivity contribution in [1.29, 1.82) is 0 Å². The first kappa shape index (κ1) is 30.7. The molecule has 10 nitrogen and oxygen atoms in total. The Morgan fingerprint density at radius 2 is 1.57 bits per heavy atom. The van der Waals surface area contributed by atoms with Crippen LogP contribution in [0.4, 0.5) is 0 Å². The molecule has 1 saturated carbocycles. The van der Waals surface area contributed by atoms with Gasteiger partial charge in [0.1, 0.15) is 5.75 Å². The normalized spacial score (nSPS) is 31.1. The zero-order valence-electron chi connectivity index (χ0n) is 23.8. The molecule has 2 aliphatic carbocycles. The fourth-order valence-electron chi connectivity index (χ4n) is 7.40. The van der Waals surface area contributed by atoms with Crippen molar-refractivity contribution in [2.75, 3.05) is 26.2 Å². The summed E-state index contributed by atoms with van der Waals surface area (Å²) in [6.45, 7) is 0.146. The number of halogens is 3. The van der Waals surface area contributed by atoms with E-state index in [1.54, 1.807) is 24.3 Å². The standard InChI is InChI=1S/C31H29BrCl2N2O8/c1-43-21-11-16(12-22(44-2)25(21)38)24-18-7-8-19-23(20(18)13-30(33)28(41)36(14-32)29(42)31(24,30)34)27(40)35(26(19)39)10-9-15-3-5-17(37)6-4-15/h3-7,11-12,19-20,23-24,37-38H,8-10,13-14H2,1-2H3/t19-,20+,23-,24-,30+,31-/m0/s1. The molecule has 6 rings (SSSR count). The number of alkyl halides is 3. The average molecular weight is 708 g/mol. The number of carbonyl (C=O) groups excluding carboxylic acids is 4. The SMILES string of the molecule is COc1cc([C@H]2C3=CC[C@@H]4C(=O)N(CCc5ccc(O)cc5)C(=O)[C@@H]4[C@@H]3C[C@@]3(Cl)C(=O)N(CBr)C(=O)[C@@]23Cl)cc(OC)c1O. The fourth-order valence-corrected chi connectivity index (χ4v) is 8.82. The number of methoxy groups -OCH3 is 2. The summed E-state index contributed by atoms with van der Waals surface area (Å²) in [6, 6.07) is 9.58. The minimum atomic E-state index is -1.99. The summed E-state index contributed by atoms with van der Waals surface area (Å²) in [7, 11) is 2.72. The predicted octanol–water partition coefficient (Wildman–Crippen LogP) is 4.07. The molecule has 44 heavy (non-hydrogen) atoms. The fraction of sp³-hybridized carbons (Fsp3) is 0.419. The molecule has 13 heteroatoms. The molecule has 2 aromatic carbocycles. The molecule has 2 aliphatic heterocycles. The van der Waals surface area contributed by atoms with Crippen LogP contribution in [0.5, 0.6) is 23.0 Å². The van der Waals surface area contributed by atoms with Gasteiger partial charge in [0.15, 0.2) is 21.2 Å². The van der Waals surface area contributed by atoms with Crippen LogP contribution in [0.15, 0.2) is 48.0 Å². The van der Waals surface area contributed by atoms with Gasteiger partial charge in [0.05, 0.1) is 31.5 Å². The van der Waals surface area contributed by atoms with Crippen LogP contribution in [-0.4, -0.2) is 79.6 Å². The van der Waals surface area contributed by atoms with E-state index in [0.717, 1.165) is 10.5 Å². The van der Waals surface area contributed by atoms with Gasteiger partial charge >= 0.3 is 0 Å². The number of ether oxygens (including phenoxy) is 2. The zero-order valence-corrected chi connectivity index (χ0v) is 26.9. The molecule has 3 fully saturated rings. The van der Waals surface area contributed by atoms with Gasteiger partial charge in [0.25, 0.3) is 11.8 Å². The molecular weight excluding hydrogens is 679 g/mol. The number of fused-ring (bicyclic) bond motifs is 4. The molecule has 2 aromatic rings. The molecule has 2 heterocycles. The Labute approximate surface area is 271 Å². The van der Waals surface area contributed by atoms with Gasteiger partial charge in [-0.2, -0.15) is 0 Å². The van der Waals surface area contributed by atoms with E-state index in [1.165, 1.54) is 31.3 Å². The number of likely N-dealkylation sites (tertiary alicyclic amines) is 2. The van der Waals surface area contributed by atoms with Crippen LogP contribution in [0.25, 0.3) is 0 Å². The second-order valence-electron chi connectivity index (χ2n) is 11.5. The average Bonchev–Trinajstić information content (AvgIpc) is 3.34. The summed E-state index contributed by atoms with van der Waals surface area (Å²) in [4.78, 5) is 53.7. The highest BCUT2D eigenvalue weighted by atomic mass is 79.9. The number of allylic oxidation sites excluding steroid dienone is 2. The number of phenolic OH excluding ortho intramolecular Hbond substituents is 2. The summed E-state index contributed by atoms with van der Waals surface area (Å²) in [5.41, 5.74) is 1.72. The van der Waals surface area contributed by atoms with Crippen molar-refractivity contribution in [3.63, 3.8) is 0 Å². The maximum Gasteiger partial charge on any atom is 0.254 e. The predicted molar refractivity (Wildman–Crippen MR) is 163 cm³/mol. The first-order valence-corrected chi connectivity index (χ1v) is 15.9. The van der Waals surface area contributed by atoms with Gasteiger partial charge in [-0.1, -0.05) is 39.7 Å². The number of imide groups is 2. The Hall–Kier alpha value is -3.28. The van der Waals surface area contributed by atoms with Crippen LogP contribution >= 0.6 is 39.1 Å². The lowest BCUT2D eigenvalue weighted by Crippen LogP contribution is -2.60. The Morgan fingerprint density at radius 1 is 0.932 bits per heavy atom. The number of amides is 4. The van der Waals surface area contributed by atoms with Crippen molar-refractivity contribution < 1.29 is 38.9 Å². The summed E-state index contributed by atoms with van der Waals surface area (Å²) in [5.74, 6) is -5.30. The highest BCUT2D eigenvalue weighted by Crippen LogP contribution is 2.66. The molecule has 4 amide bonds.